The fraction of sp³-hybridized carbons (Fsp3) is 0.357. The monoisotopic (exact) mass is 274 g/mol. The van der Waals surface area contributed by atoms with Crippen LogP contribution in [0.1, 0.15) is 42.8 Å². The molecule has 1 aromatic carbocycles. The summed E-state index contributed by atoms with van der Waals surface area (Å²) in [7, 11) is 0. The van der Waals surface area contributed by atoms with Gasteiger partial charge < -0.3 is 10.4 Å². The van der Waals surface area contributed by atoms with E-state index in [-0.39, 0.29) is 17.0 Å². The van der Waals surface area contributed by atoms with Gasteiger partial charge in [0.2, 0.25) is 5.82 Å². The first-order valence-corrected chi connectivity index (χ1v) is 6.31. The van der Waals surface area contributed by atoms with Gasteiger partial charge in [0, 0.05) is 17.2 Å². The minimum atomic E-state index is -0.417. The smallest absolute Gasteiger partial charge is 0.295 e. The van der Waals surface area contributed by atoms with Crippen molar-refractivity contribution in [3.05, 3.63) is 35.4 Å². The Morgan fingerprint density at radius 2 is 2.05 bits per heavy atom. The van der Waals surface area contributed by atoms with E-state index in [9.17, 15) is 9.90 Å². The van der Waals surface area contributed by atoms with Crippen LogP contribution in [-0.4, -0.2) is 26.2 Å². The highest BCUT2D eigenvalue weighted by atomic mass is 16.3. The molecule has 2 aromatic rings. The molecule has 0 bridgehead atoms. The van der Waals surface area contributed by atoms with Crippen LogP contribution in [0.15, 0.2) is 18.2 Å². The van der Waals surface area contributed by atoms with Crippen molar-refractivity contribution < 1.29 is 9.90 Å². The number of hydrogen-bond acceptors (Lipinski definition) is 4. The third-order valence-electron chi connectivity index (χ3n) is 2.87. The Kier molecular flexibility index (Phi) is 3.48. The van der Waals surface area contributed by atoms with Gasteiger partial charge in [-0.1, -0.05) is 26.8 Å². The predicted octanol–water partition coefficient (Wildman–Crippen LogP) is 2.37. The number of nitrogens with one attached hydrogen (secondary N) is 2. The van der Waals surface area contributed by atoms with Crippen molar-refractivity contribution in [3.8, 4) is 5.75 Å². The molecule has 0 fully saturated rings. The van der Waals surface area contributed by atoms with Crippen LogP contribution in [0.25, 0.3) is 0 Å². The minimum Gasteiger partial charge on any atom is -0.508 e. The van der Waals surface area contributed by atoms with Crippen molar-refractivity contribution in [1.29, 1.82) is 0 Å². The molecule has 1 heterocycles. The molecule has 0 aliphatic heterocycles. The lowest BCUT2D eigenvalue weighted by Crippen LogP contribution is -2.16. The number of amides is 1. The molecule has 0 unspecified atom stereocenters. The summed E-state index contributed by atoms with van der Waals surface area (Å²) >= 11 is 0. The van der Waals surface area contributed by atoms with E-state index in [0.29, 0.717) is 11.5 Å². The van der Waals surface area contributed by atoms with Crippen molar-refractivity contribution >= 4 is 11.6 Å². The van der Waals surface area contributed by atoms with Crippen molar-refractivity contribution in [2.24, 2.45) is 0 Å². The quantitative estimate of drug-likeness (QED) is 0.784. The lowest BCUT2D eigenvalue weighted by atomic mass is 9.96. The number of carbonyl (C=O) groups excluding carboxylic acids is 1. The molecule has 1 amide bonds. The van der Waals surface area contributed by atoms with Crippen LogP contribution >= 0.6 is 0 Å². The van der Waals surface area contributed by atoms with Gasteiger partial charge in [0.15, 0.2) is 0 Å². The molecule has 1 aromatic heterocycles. The zero-order chi connectivity index (χ0) is 14.9. The fourth-order valence-corrected chi connectivity index (χ4v) is 1.57. The maximum Gasteiger partial charge on any atom is 0.295 e. The summed E-state index contributed by atoms with van der Waals surface area (Å²) in [6, 6.07) is 4.93. The number of hydrogen-bond donors (Lipinski definition) is 3. The number of aromatic hydroxyl groups is 1. The van der Waals surface area contributed by atoms with Crippen LogP contribution in [0, 0.1) is 6.92 Å². The summed E-state index contributed by atoms with van der Waals surface area (Å²) in [6.07, 6.45) is 0. The Bertz CT molecular complexity index is 641. The average molecular weight is 274 g/mol. The number of nitrogens with zero attached hydrogens (tertiary/aromatic N) is 2. The highest BCUT2D eigenvalue weighted by molar-refractivity contribution is 6.01. The second-order valence-corrected chi connectivity index (χ2v) is 5.71. The summed E-state index contributed by atoms with van der Waals surface area (Å²) in [6.45, 7) is 7.72. The lowest BCUT2D eigenvalue weighted by Gasteiger charge is -2.12. The molecule has 0 aliphatic carbocycles. The highest BCUT2D eigenvalue weighted by Gasteiger charge is 2.21. The second-order valence-electron chi connectivity index (χ2n) is 5.71. The molecule has 6 heteroatoms. The van der Waals surface area contributed by atoms with E-state index < -0.39 is 5.91 Å². The zero-order valence-corrected chi connectivity index (χ0v) is 12.0. The van der Waals surface area contributed by atoms with Crippen LogP contribution in [-0.2, 0) is 5.41 Å². The van der Waals surface area contributed by atoms with Gasteiger partial charge in [-0.15, -0.1) is 5.10 Å². The Balaban J connectivity index is 2.16. The van der Waals surface area contributed by atoms with E-state index in [1.54, 1.807) is 19.1 Å². The zero-order valence-electron chi connectivity index (χ0n) is 12.0. The summed E-state index contributed by atoms with van der Waals surface area (Å²) in [4.78, 5) is 16.2. The Morgan fingerprint density at radius 1 is 1.35 bits per heavy atom. The average Bonchev–Trinajstić information content (AvgIpc) is 2.83. The molecular formula is C14H18N4O2. The molecule has 106 valence electrons. The van der Waals surface area contributed by atoms with Gasteiger partial charge in [0.05, 0.1) is 0 Å². The number of aryl methyl sites for hydroxylation is 1. The maximum atomic E-state index is 12.0. The highest BCUT2D eigenvalue weighted by Crippen LogP contribution is 2.21. The number of H-pyrrole nitrogens is 1. The first kappa shape index (κ1) is 14.0. The van der Waals surface area contributed by atoms with Crippen molar-refractivity contribution in [3.63, 3.8) is 0 Å². The van der Waals surface area contributed by atoms with Crippen LogP contribution in [0.5, 0.6) is 5.75 Å². The molecule has 0 atom stereocenters. The fourth-order valence-electron chi connectivity index (χ4n) is 1.57. The van der Waals surface area contributed by atoms with Gasteiger partial charge in [0.25, 0.3) is 5.91 Å². The van der Waals surface area contributed by atoms with E-state index in [2.05, 4.69) is 20.5 Å². The van der Waals surface area contributed by atoms with Gasteiger partial charge in [-0.25, -0.2) is 4.98 Å². The molecule has 0 saturated carbocycles. The first-order chi connectivity index (χ1) is 9.27. The van der Waals surface area contributed by atoms with Gasteiger partial charge in [-0.3, -0.25) is 9.89 Å². The van der Waals surface area contributed by atoms with E-state index in [4.69, 9.17) is 0 Å². The normalized spacial score (nSPS) is 11.4. The maximum absolute atomic E-state index is 12.0. The Morgan fingerprint density at radius 3 is 2.60 bits per heavy atom. The molecule has 2 rings (SSSR count). The third-order valence-corrected chi connectivity index (χ3v) is 2.87. The van der Waals surface area contributed by atoms with Crippen LogP contribution in [0.2, 0.25) is 0 Å². The lowest BCUT2D eigenvalue weighted by molar-refractivity contribution is 0.101. The number of phenolic OH excluding ortho intramolecular Hbond substituents is 1. The van der Waals surface area contributed by atoms with Gasteiger partial charge in [-0.2, -0.15) is 0 Å². The summed E-state index contributed by atoms with van der Waals surface area (Å²) < 4.78 is 0. The number of phenols is 1. The van der Waals surface area contributed by atoms with Crippen molar-refractivity contribution in [2.45, 2.75) is 33.1 Å². The molecule has 20 heavy (non-hydrogen) atoms. The minimum absolute atomic E-state index is 0.0787. The predicted molar refractivity (Wildman–Crippen MR) is 75.9 cm³/mol. The van der Waals surface area contributed by atoms with Crippen molar-refractivity contribution in [2.75, 3.05) is 5.32 Å². The Hall–Kier alpha value is -2.37. The number of carbonyl (C=O) groups is 1. The number of rotatable bonds is 2. The van der Waals surface area contributed by atoms with E-state index in [1.807, 2.05) is 20.8 Å². The summed E-state index contributed by atoms with van der Waals surface area (Å²) in [5.41, 5.74) is 1.05. The summed E-state index contributed by atoms with van der Waals surface area (Å²) in [5, 5.41) is 18.9. The molecular weight excluding hydrogens is 256 g/mol. The van der Waals surface area contributed by atoms with E-state index in [0.717, 1.165) is 5.56 Å². The molecule has 6 nitrogen and oxygen atoms in total. The number of anilines is 1. The molecule has 3 N–H and O–H groups in total. The molecule has 0 radical (unpaired) electrons. The largest absolute Gasteiger partial charge is 0.508 e. The standard InChI is InChI=1S/C14H18N4O2/c1-8-5-6-9(7-10(8)19)15-12(20)11-16-13(18-17-11)14(2,3)4/h5-7,19H,1-4H3,(H,15,20)(H,16,17,18). The van der Waals surface area contributed by atoms with E-state index >= 15 is 0 Å². The van der Waals surface area contributed by atoms with Crippen LogP contribution < -0.4 is 5.32 Å². The van der Waals surface area contributed by atoms with E-state index in [1.165, 1.54) is 6.07 Å². The van der Waals surface area contributed by atoms with Crippen LogP contribution in [0.3, 0.4) is 0 Å². The number of benzene rings is 1. The Labute approximate surface area is 117 Å². The number of aromatic nitrogens is 3. The van der Waals surface area contributed by atoms with Crippen LogP contribution in [0.4, 0.5) is 5.69 Å². The molecule has 0 saturated heterocycles. The van der Waals surface area contributed by atoms with Crippen molar-refractivity contribution in [1.82, 2.24) is 15.2 Å². The molecule has 0 aliphatic rings. The SMILES string of the molecule is Cc1ccc(NC(=O)c2n[nH]c(C(C)(C)C)n2)cc1O. The first-order valence-electron chi connectivity index (χ1n) is 6.31. The molecule has 0 spiro atoms. The van der Waals surface area contributed by atoms with Gasteiger partial charge in [0.1, 0.15) is 11.6 Å². The second kappa shape index (κ2) is 4.96. The van der Waals surface area contributed by atoms with Gasteiger partial charge >= 0.3 is 0 Å². The van der Waals surface area contributed by atoms with Gasteiger partial charge in [-0.05, 0) is 18.6 Å². The summed E-state index contributed by atoms with van der Waals surface area (Å²) in [5.74, 6) is 0.442. The topological polar surface area (TPSA) is 90.9 Å². The number of aromatic amines is 1. The third kappa shape index (κ3) is 2.96.